The third-order valence-electron chi connectivity index (χ3n) is 5.59. The molecule has 144 valence electrons. The lowest BCUT2D eigenvalue weighted by atomic mass is 9.87. The number of rotatable bonds is 7. The van der Waals surface area contributed by atoms with Gasteiger partial charge in [0.15, 0.2) is 0 Å². The zero-order valence-corrected chi connectivity index (χ0v) is 15.4. The Bertz CT molecular complexity index is 789. The van der Waals surface area contributed by atoms with E-state index >= 15 is 0 Å². The summed E-state index contributed by atoms with van der Waals surface area (Å²) in [5.74, 6) is 0.730. The molecule has 0 aromatic heterocycles. The van der Waals surface area contributed by atoms with Gasteiger partial charge in [0.2, 0.25) is 5.91 Å². The number of nitrogens with one attached hydrogen (secondary N) is 2. The minimum absolute atomic E-state index is 0.205. The topological polar surface area (TPSA) is 97.0 Å². The molecule has 3 aliphatic rings. The molecule has 2 aliphatic carbocycles. The summed E-state index contributed by atoms with van der Waals surface area (Å²) >= 11 is 0. The number of urea groups is 1. The maximum atomic E-state index is 13.0. The number of carbonyl (C=O) groups is 3. The fourth-order valence-electron chi connectivity index (χ4n) is 3.96. The minimum atomic E-state index is -0.783. The van der Waals surface area contributed by atoms with E-state index in [1.165, 1.54) is 14.2 Å². The van der Waals surface area contributed by atoms with Crippen LogP contribution in [0, 0.1) is 11.8 Å². The Morgan fingerprint density at radius 3 is 2.41 bits per heavy atom. The molecule has 1 aromatic rings. The van der Waals surface area contributed by atoms with E-state index in [9.17, 15) is 14.4 Å². The van der Waals surface area contributed by atoms with E-state index in [0.29, 0.717) is 17.2 Å². The quantitative estimate of drug-likeness (QED) is 0.710. The Morgan fingerprint density at radius 1 is 1.19 bits per heavy atom. The van der Waals surface area contributed by atoms with Gasteiger partial charge in [0.1, 0.15) is 23.6 Å². The first-order valence-electron chi connectivity index (χ1n) is 9.15. The molecule has 1 heterocycles. The van der Waals surface area contributed by atoms with Crippen LogP contribution in [0.2, 0.25) is 0 Å². The summed E-state index contributed by atoms with van der Waals surface area (Å²) < 4.78 is 10.4. The number of nitrogens with zero attached hydrogens (tertiary/aromatic N) is 1. The molecule has 27 heavy (non-hydrogen) atoms. The lowest BCUT2D eigenvalue weighted by Crippen LogP contribution is -2.51. The second kappa shape index (κ2) is 6.44. The molecule has 0 spiro atoms. The molecule has 1 aliphatic heterocycles. The van der Waals surface area contributed by atoms with Gasteiger partial charge in [-0.3, -0.25) is 14.5 Å². The van der Waals surface area contributed by atoms with Crippen LogP contribution < -0.4 is 20.1 Å². The first-order chi connectivity index (χ1) is 13.0. The van der Waals surface area contributed by atoms with Crippen molar-refractivity contribution in [1.29, 1.82) is 0 Å². The summed E-state index contributed by atoms with van der Waals surface area (Å²) in [6.07, 6.45) is 3.80. The number of ether oxygens (including phenoxy) is 2. The van der Waals surface area contributed by atoms with Gasteiger partial charge in [0.05, 0.1) is 19.9 Å². The summed E-state index contributed by atoms with van der Waals surface area (Å²) in [7, 11) is 3.03. The average Bonchev–Trinajstić information content (AvgIpc) is 3.56. The summed E-state index contributed by atoms with van der Waals surface area (Å²) in [5, 5.41) is 5.62. The lowest BCUT2D eigenvalue weighted by molar-refractivity contribution is -0.135. The van der Waals surface area contributed by atoms with Crippen molar-refractivity contribution in [2.75, 3.05) is 26.1 Å². The van der Waals surface area contributed by atoms with Crippen molar-refractivity contribution in [2.45, 2.75) is 31.2 Å². The van der Waals surface area contributed by atoms with Gasteiger partial charge < -0.3 is 20.1 Å². The molecule has 8 nitrogen and oxygen atoms in total. The van der Waals surface area contributed by atoms with Crippen molar-refractivity contribution in [3.05, 3.63) is 18.2 Å². The fourth-order valence-corrected chi connectivity index (χ4v) is 3.96. The van der Waals surface area contributed by atoms with Crippen LogP contribution in [0.25, 0.3) is 0 Å². The Hall–Kier alpha value is -2.77. The standard InChI is InChI=1S/C19H23N3O5/c1-26-13-7-8-14(15(9-13)27-2)20-16(23)10-22-17(24)19(11-3-4-11,12-5-6-12)21-18(22)25/h7-9,11-12H,3-6,10H2,1-2H3,(H,20,23)(H,21,25). The normalized spacial score (nSPS) is 21.0. The molecule has 1 aromatic carbocycles. The van der Waals surface area contributed by atoms with Crippen molar-refractivity contribution in [3.63, 3.8) is 0 Å². The average molecular weight is 373 g/mol. The molecule has 4 amide bonds. The third kappa shape index (κ3) is 2.98. The van der Waals surface area contributed by atoms with Crippen molar-refractivity contribution in [3.8, 4) is 11.5 Å². The van der Waals surface area contributed by atoms with Crippen LogP contribution in [-0.2, 0) is 9.59 Å². The van der Waals surface area contributed by atoms with Gasteiger partial charge in [-0.2, -0.15) is 0 Å². The number of carbonyl (C=O) groups excluding carboxylic acids is 3. The van der Waals surface area contributed by atoms with E-state index in [2.05, 4.69) is 10.6 Å². The largest absolute Gasteiger partial charge is 0.497 e. The Kier molecular flexibility index (Phi) is 4.20. The predicted octanol–water partition coefficient (Wildman–Crippen LogP) is 1.75. The monoisotopic (exact) mass is 373 g/mol. The highest BCUT2D eigenvalue weighted by Gasteiger charge is 2.65. The highest BCUT2D eigenvalue weighted by molar-refractivity contribution is 6.11. The molecule has 0 radical (unpaired) electrons. The van der Waals surface area contributed by atoms with Gasteiger partial charge in [0, 0.05) is 6.07 Å². The van der Waals surface area contributed by atoms with E-state index < -0.39 is 17.5 Å². The molecule has 3 fully saturated rings. The van der Waals surface area contributed by atoms with Crippen molar-refractivity contribution >= 4 is 23.5 Å². The Labute approximate surface area is 157 Å². The second-order valence-corrected chi connectivity index (χ2v) is 7.35. The highest BCUT2D eigenvalue weighted by atomic mass is 16.5. The SMILES string of the molecule is COc1ccc(NC(=O)CN2C(=O)NC(C3CC3)(C3CC3)C2=O)c(OC)c1. The zero-order chi connectivity index (χ0) is 19.2. The van der Waals surface area contributed by atoms with Crippen LogP contribution in [-0.4, -0.2) is 49.0 Å². The third-order valence-corrected chi connectivity index (χ3v) is 5.59. The smallest absolute Gasteiger partial charge is 0.325 e. The van der Waals surface area contributed by atoms with E-state index in [1.807, 2.05) is 0 Å². The molecule has 0 bridgehead atoms. The van der Waals surface area contributed by atoms with Gasteiger partial charge in [-0.1, -0.05) is 0 Å². The van der Waals surface area contributed by atoms with Crippen LogP contribution in [0.5, 0.6) is 11.5 Å². The molecular weight excluding hydrogens is 350 g/mol. The van der Waals surface area contributed by atoms with E-state index in [1.54, 1.807) is 18.2 Å². The van der Waals surface area contributed by atoms with Gasteiger partial charge in [-0.25, -0.2) is 4.79 Å². The molecule has 2 N–H and O–H groups in total. The summed E-state index contributed by atoms with van der Waals surface area (Å²) in [6, 6.07) is 4.52. The number of methoxy groups -OCH3 is 2. The van der Waals surface area contributed by atoms with Gasteiger partial charge >= 0.3 is 6.03 Å². The van der Waals surface area contributed by atoms with Crippen LogP contribution >= 0.6 is 0 Å². The fraction of sp³-hybridized carbons (Fsp3) is 0.526. The maximum absolute atomic E-state index is 13.0. The summed E-state index contributed by atoms with van der Waals surface area (Å²) in [4.78, 5) is 39.0. The molecule has 1 saturated heterocycles. The first kappa shape index (κ1) is 17.6. The number of hydrogen-bond acceptors (Lipinski definition) is 5. The second-order valence-electron chi connectivity index (χ2n) is 7.35. The summed E-state index contributed by atoms with van der Waals surface area (Å²) in [6.45, 7) is -0.318. The van der Waals surface area contributed by atoms with Crippen molar-refractivity contribution in [2.24, 2.45) is 11.8 Å². The van der Waals surface area contributed by atoms with E-state index in [0.717, 1.165) is 30.6 Å². The number of benzene rings is 1. The number of hydrogen-bond donors (Lipinski definition) is 2. The van der Waals surface area contributed by atoms with Crippen LogP contribution in [0.15, 0.2) is 18.2 Å². The molecule has 0 unspecified atom stereocenters. The first-order valence-corrected chi connectivity index (χ1v) is 9.15. The van der Waals surface area contributed by atoms with Crippen molar-refractivity contribution < 1.29 is 23.9 Å². The molecule has 2 saturated carbocycles. The molecule has 8 heteroatoms. The number of anilines is 1. The van der Waals surface area contributed by atoms with Crippen LogP contribution in [0.4, 0.5) is 10.5 Å². The van der Waals surface area contributed by atoms with E-state index in [4.69, 9.17) is 9.47 Å². The minimum Gasteiger partial charge on any atom is -0.497 e. The maximum Gasteiger partial charge on any atom is 0.325 e. The molecule has 0 atom stereocenters. The predicted molar refractivity (Wildman–Crippen MR) is 96.6 cm³/mol. The van der Waals surface area contributed by atoms with Gasteiger partial charge in [-0.15, -0.1) is 0 Å². The van der Waals surface area contributed by atoms with Crippen LogP contribution in [0.3, 0.4) is 0 Å². The van der Waals surface area contributed by atoms with Crippen molar-refractivity contribution in [1.82, 2.24) is 10.2 Å². The summed E-state index contributed by atoms with van der Waals surface area (Å²) in [5.41, 5.74) is -0.333. The Balaban J connectivity index is 1.47. The zero-order valence-electron chi connectivity index (χ0n) is 15.4. The van der Waals surface area contributed by atoms with Crippen LogP contribution in [0.1, 0.15) is 25.7 Å². The molecule has 4 rings (SSSR count). The number of imide groups is 1. The van der Waals surface area contributed by atoms with Gasteiger partial charge in [0.25, 0.3) is 5.91 Å². The highest BCUT2D eigenvalue weighted by Crippen LogP contribution is 2.54. The van der Waals surface area contributed by atoms with E-state index in [-0.39, 0.29) is 24.3 Å². The Morgan fingerprint density at radius 2 is 1.85 bits per heavy atom. The number of amides is 4. The molecular formula is C19H23N3O5. The van der Waals surface area contributed by atoms with Gasteiger partial charge in [-0.05, 0) is 49.7 Å². The lowest BCUT2D eigenvalue weighted by Gasteiger charge is -2.26.